The Kier molecular flexibility index (Phi) is 5.68. The molecule has 1 aliphatic heterocycles. The van der Waals surface area contributed by atoms with Crippen LogP contribution in [0.1, 0.15) is 25.3 Å². The Morgan fingerprint density at radius 3 is 2.70 bits per heavy atom. The molecule has 1 atom stereocenters. The number of hydrogen-bond acceptors (Lipinski definition) is 6. The molecule has 4 rings (SSSR count). The van der Waals surface area contributed by atoms with Gasteiger partial charge in [-0.2, -0.15) is 0 Å². The van der Waals surface area contributed by atoms with Crippen LogP contribution in [0.3, 0.4) is 0 Å². The Hall–Kier alpha value is -2.99. The number of rotatable bonds is 5. The molecule has 1 saturated heterocycles. The summed E-state index contributed by atoms with van der Waals surface area (Å²) in [5, 5.41) is 11.3. The maximum Gasteiger partial charge on any atom is 0.344 e. The lowest BCUT2D eigenvalue weighted by Gasteiger charge is -2.31. The molecule has 1 aromatic heterocycles. The lowest BCUT2D eigenvalue weighted by atomic mass is 9.99. The molecule has 0 aliphatic carbocycles. The number of methoxy groups -OCH3 is 2. The fourth-order valence-corrected chi connectivity index (χ4v) is 4.25. The van der Waals surface area contributed by atoms with Gasteiger partial charge in [0.1, 0.15) is 22.8 Å². The van der Waals surface area contributed by atoms with Crippen molar-refractivity contribution in [2.45, 2.75) is 26.3 Å². The van der Waals surface area contributed by atoms with Crippen molar-refractivity contribution < 1.29 is 19.0 Å². The van der Waals surface area contributed by atoms with Crippen LogP contribution >= 0.6 is 0 Å². The Bertz CT molecular complexity index is 1120. The molecular formula is C24H27NO5. The minimum absolute atomic E-state index is 0.152. The van der Waals surface area contributed by atoms with Gasteiger partial charge < -0.3 is 19.0 Å². The molecule has 0 radical (unpaired) electrons. The highest BCUT2D eigenvalue weighted by molar-refractivity contribution is 5.86. The van der Waals surface area contributed by atoms with Gasteiger partial charge in [-0.05, 0) is 55.6 Å². The highest BCUT2D eigenvalue weighted by Gasteiger charge is 2.21. The van der Waals surface area contributed by atoms with Gasteiger partial charge in [0.05, 0.1) is 25.3 Å². The molecule has 2 aromatic carbocycles. The molecule has 6 heteroatoms. The molecule has 3 aromatic rings. The minimum Gasteiger partial charge on any atom is -0.507 e. The molecule has 0 amide bonds. The van der Waals surface area contributed by atoms with E-state index in [2.05, 4.69) is 11.8 Å². The SMILES string of the molecule is COc1ccc(-c2cc3ccc(O)c(CN4CCC[C@@H](C)C4)c3oc2=O)c(OC)c1. The number of phenols is 1. The van der Waals surface area contributed by atoms with Crippen LogP contribution < -0.4 is 15.1 Å². The van der Waals surface area contributed by atoms with Crippen molar-refractivity contribution in [2.24, 2.45) is 5.92 Å². The Balaban J connectivity index is 1.79. The second-order valence-electron chi connectivity index (χ2n) is 7.98. The summed E-state index contributed by atoms with van der Waals surface area (Å²) in [6.45, 7) is 4.75. The number of aromatic hydroxyl groups is 1. The van der Waals surface area contributed by atoms with Gasteiger partial charge >= 0.3 is 5.63 Å². The number of nitrogens with zero attached hydrogens (tertiary/aromatic N) is 1. The van der Waals surface area contributed by atoms with Crippen LogP contribution in [0, 0.1) is 5.92 Å². The predicted molar refractivity (Wildman–Crippen MR) is 116 cm³/mol. The van der Waals surface area contributed by atoms with E-state index in [1.807, 2.05) is 0 Å². The van der Waals surface area contributed by atoms with Crippen LogP contribution in [0.15, 0.2) is 45.6 Å². The first kappa shape index (κ1) is 20.3. The summed E-state index contributed by atoms with van der Waals surface area (Å²) in [6.07, 6.45) is 2.36. The van der Waals surface area contributed by atoms with E-state index in [0.717, 1.165) is 24.9 Å². The van der Waals surface area contributed by atoms with Gasteiger partial charge in [-0.3, -0.25) is 4.90 Å². The molecule has 1 fully saturated rings. The number of likely N-dealkylation sites (tertiary alicyclic amines) is 1. The monoisotopic (exact) mass is 409 g/mol. The molecule has 2 heterocycles. The van der Waals surface area contributed by atoms with Gasteiger partial charge in [0.2, 0.25) is 0 Å². The van der Waals surface area contributed by atoms with E-state index in [1.54, 1.807) is 50.6 Å². The van der Waals surface area contributed by atoms with Crippen LogP contribution in [-0.4, -0.2) is 37.3 Å². The van der Waals surface area contributed by atoms with Gasteiger partial charge in [-0.25, -0.2) is 4.79 Å². The summed E-state index contributed by atoms with van der Waals surface area (Å²) >= 11 is 0. The molecule has 0 unspecified atom stereocenters. The van der Waals surface area contributed by atoms with Gasteiger partial charge in [-0.15, -0.1) is 0 Å². The molecule has 1 N–H and O–H groups in total. The van der Waals surface area contributed by atoms with E-state index in [4.69, 9.17) is 13.9 Å². The van der Waals surface area contributed by atoms with Crippen molar-refractivity contribution in [1.29, 1.82) is 0 Å². The molecule has 30 heavy (non-hydrogen) atoms. The molecule has 0 spiro atoms. The molecule has 158 valence electrons. The fourth-order valence-electron chi connectivity index (χ4n) is 4.25. The Labute approximate surface area is 175 Å². The number of fused-ring (bicyclic) bond motifs is 1. The molecule has 6 nitrogen and oxygen atoms in total. The first-order valence-electron chi connectivity index (χ1n) is 10.2. The van der Waals surface area contributed by atoms with Crippen LogP contribution in [0.25, 0.3) is 22.1 Å². The van der Waals surface area contributed by atoms with Gasteiger partial charge in [0.15, 0.2) is 0 Å². The zero-order valence-corrected chi connectivity index (χ0v) is 17.6. The summed E-state index contributed by atoms with van der Waals surface area (Å²) in [5.41, 5.74) is 1.67. The van der Waals surface area contributed by atoms with Crippen LogP contribution in [-0.2, 0) is 6.54 Å². The molecule has 0 bridgehead atoms. The van der Waals surface area contributed by atoms with Gasteiger partial charge in [-0.1, -0.05) is 6.92 Å². The first-order valence-corrected chi connectivity index (χ1v) is 10.2. The highest BCUT2D eigenvalue weighted by atomic mass is 16.5. The number of benzene rings is 2. The van der Waals surface area contributed by atoms with Crippen molar-refractivity contribution >= 4 is 11.0 Å². The Morgan fingerprint density at radius 2 is 1.97 bits per heavy atom. The molecular weight excluding hydrogens is 382 g/mol. The van der Waals surface area contributed by atoms with Crippen molar-refractivity contribution in [3.8, 4) is 28.4 Å². The van der Waals surface area contributed by atoms with E-state index in [0.29, 0.717) is 46.2 Å². The number of piperidine rings is 1. The summed E-state index contributed by atoms with van der Waals surface area (Å²) in [5.74, 6) is 1.95. The fraction of sp³-hybridized carbons (Fsp3) is 0.375. The molecule has 1 aliphatic rings. The third kappa shape index (κ3) is 3.87. The van der Waals surface area contributed by atoms with Gasteiger partial charge in [0.25, 0.3) is 0 Å². The van der Waals surface area contributed by atoms with Crippen LogP contribution in [0.5, 0.6) is 17.2 Å². The topological polar surface area (TPSA) is 72.1 Å². The van der Waals surface area contributed by atoms with E-state index in [9.17, 15) is 9.90 Å². The van der Waals surface area contributed by atoms with Crippen molar-refractivity contribution in [1.82, 2.24) is 4.90 Å². The van der Waals surface area contributed by atoms with Crippen molar-refractivity contribution in [3.05, 3.63) is 52.4 Å². The average Bonchev–Trinajstić information content (AvgIpc) is 2.75. The summed E-state index contributed by atoms with van der Waals surface area (Å²) < 4.78 is 16.5. The second kappa shape index (κ2) is 8.40. The lowest BCUT2D eigenvalue weighted by Crippen LogP contribution is -2.33. The standard InChI is InChI=1S/C24H27NO5/c1-15-5-4-10-25(13-15)14-20-21(26)9-6-16-11-19(24(27)30-23(16)20)18-8-7-17(28-2)12-22(18)29-3/h6-9,11-12,15,26H,4-5,10,13-14H2,1-3H3/t15-/m1/s1. The van der Waals surface area contributed by atoms with E-state index in [-0.39, 0.29) is 5.75 Å². The number of ether oxygens (including phenoxy) is 2. The highest BCUT2D eigenvalue weighted by Crippen LogP contribution is 2.35. The summed E-state index contributed by atoms with van der Waals surface area (Å²) in [6, 6.07) is 10.5. The van der Waals surface area contributed by atoms with E-state index >= 15 is 0 Å². The maximum atomic E-state index is 12.9. The quantitative estimate of drug-likeness (QED) is 0.629. The number of phenolic OH excluding ortho intramolecular Hbond substituents is 1. The normalized spacial score (nSPS) is 17.2. The first-order chi connectivity index (χ1) is 14.5. The molecule has 0 saturated carbocycles. The van der Waals surface area contributed by atoms with Crippen LogP contribution in [0.2, 0.25) is 0 Å². The summed E-state index contributed by atoms with van der Waals surface area (Å²) in [4.78, 5) is 15.2. The third-order valence-electron chi connectivity index (χ3n) is 5.80. The number of hydrogen-bond donors (Lipinski definition) is 1. The second-order valence-corrected chi connectivity index (χ2v) is 7.98. The van der Waals surface area contributed by atoms with Gasteiger partial charge in [0, 0.05) is 30.1 Å². The van der Waals surface area contributed by atoms with Crippen LogP contribution in [0.4, 0.5) is 0 Å². The lowest BCUT2D eigenvalue weighted by molar-refractivity contribution is 0.175. The zero-order valence-electron chi connectivity index (χ0n) is 17.6. The van der Waals surface area contributed by atoms with E-state index in [1.165, 1.54) is 6.42 Å². The van der Waals surface area contributed by atoms with E-state index < -0.39 is 5.63 Å². The maximum absolute atomic E-state index is 12.9. The predicted octanol–water partition coefficient (Wildman–Crippen LogP) is 4.41. The van der Waals surface area contributed by atoms with Crippen molar-refractivity contribution in [2.75, 3.05) is 27.3 Å². The largest absolute Gasteiger partial charge is 0.507 e. The van der Waals surface area contributed by atoms with Crippen molar-refractivity contribution in [3.63, 3.8) is 0 Å². The smallest absolute Gasteiger partial charge is 0.344 e. The average molecular weight is 409 g/mol. The third-order valence-corrected chi connectivity index (χ3v) is 5.80. The Morgan fingerprint density at radius 1 is 1.13 bits per heavy atom. The minimum atomic E-state index is -0.468. The zero-order chi connectivity index (χ0) is 21.3. The summed E-state index contributed by atoms with van der Waals surface area (Å²) in [7, 11) is 3.13.